The predicted molar refractivity (Wildman–Crippen MR) is 57.5 cm³/mol. The van der Waals surface area contributed by atoms with Crippen molar-refractivity contribution in [3.05, 3.63) is 30.4 Å². The Morgan fingerprint density at radius 1 is 1.33 bits per heavy atom. The van der Waals surface area contributed by atoms with Crippen LogP contribution in [0.2, 0.25) is 0 Å². The highest BCUT2D eigenvalue weighted by Crippen LogP contribution is 2.13. The molecule has 2 aromatic heterocycles. The summed E-state index contributed by atoms with van der Waals surface area (Å²) in [5, 5.41) is 6.79. The van der Waals surface area contributed by atoms with Gasteiger partial charge in [-0.1, -0.05) is 5.16 Å². The minimum Gasteiger partial charge on any atom is -0.338 e. The van der Waals surface area contributed by atoms with E-state index in [2.05, 4.69) is 20.4 Å². The van der Waals surface area contributed by atoms with Crippen LogP contribution in [0.1, 0.15) is 5.89 Å². The molecule has 15 heavy (non-hydrogen) atoms. The summed E-state index contributed by atoms with van der Waals surface area (Å²) < 4.78 is 5.02. The van der Waals surface area contributed by atoms with Gasteiger partial charge >= 0.3 is 0 Å². The standard InChI is InChI=1S/C9H10N4O.ClH/c1-10-6-8-12-9(13-14-8)7-2-4-11-5-3-7;/h2-5,10H,6H2,1H3;1H. The van der Waals surface area contributed by atoms with E-state index in [-0.39, 0.29) is 12.4 Å². The number of pyridine rings is 1. The van der Waals surface area contributed by atoms with Crippen LogP contribution in [-0.2, 0) is 6.54 Å². The first-order valence-electron chi connectivity index (χ1n) is 4.28. The number of rotatable bonds is 3. The minimum absolute atomic E-state index is 0. The van der Waals surface area contributed by atoms with Gasteiger partial charge in [-0.3, -0.25) is 4.98 Å². The molecular weight excluding hydrogens is 216 g/mol. The summed E-state index contributed by atoms with van der Waals surface area (Å²) in [5.41, 5.74) is 0.908. The normalized spacial score (nSPS) is 9.67. The van der Waals surface area contributed by atoms with Gasteiger partial charge in [-0.05, 0) is 19.2 Å². The van der Waals surface area contributed by atoms with Crippen molar-refractivity contribution < 1.29 is 4.52 Å². The van der Waals surface area contributed by atoms with Gasteiger partial charge in [0.1, 0.15) is 0 Å². The number of nitrogens with zero attached hydrogens (tertiary/aromatic N) is 3. The summed E-state index contributed by atoms with van der Waals surface area (Å²) in [7, 11) is 1.83. The number of hydrogen-bond acceptors (Lipinski definition) is 5. The van der Waals surface area contributed by atoms with Gasteiger partial charge in [0.2, 0.25) is 11.7 Å². The molecule has 0 saturated heterocycles. The first-order chi connectivity index (χ1) is 6.90. The Morgan fingerprint density at radius 2 is 2.07 bits per heavy atom. The van der Waals surface area contributed by atoms with Crippen LogP contribution in [-0.4, -0.2) is 22.2 Å². The smallest absolute Gasteiger partial charge is 0.240 e. The summed E-state index contributed by atoms with van der Waals surface area (Å²) in [5.74, 6) is 1.18. The Bertz CT molecular complexity index is 404. The van der Waals surface area contributed by atoms with Crippen molar-refractivity contribution in [1.82, 2.24) is 20.4 Å². The van der Waals surface area contributed by atoms with Crippen LogP contribution >= 0.6 is 12.4 Å². The van der Waals surface area contributed by atoms with Crippen LogP contribution in [0.3, 0.4) is 0 Å². The van der Waals surface area contributed by atoms with Crippen LogP contribution < -0.4 is 5.32 Å². The zero-order chi connectivity index (χ0) is 9.80. The molecule has 6 heteroatoms. The van der Waals surface area contributed by atoms with E-state index >= 15 is 0 Å². The maximum Gasteiger partial charge on any atom is 0.240 e. The zero-order valence-corrected chi connectivity index (χ0v) is 8.99. The molecule has 0 fully saturated rings. The van der Waals surface area contributed by atoms with Crippen molar-refractivity contribution >= 4 is 12.4 Å². The van der Waals surface area contributed by atoms with Gasteiger partial charge in [0.25, 0.3) is 0 Å². The van der Waals surface area contributed by atoms with Gasteiger partial charge in [0, 0.05) is 18.0 Å². The second-order valence-electron chi connectivity index (χ2n) is 2.78. The molecule has 0 bridgehead atoms. The maximum absolute atomic E-state index is 5.02. The van der Waals surface area contributed by atoms with E-state index in [4.69, 9.17) is 4.52 Å². The molecule has 0 saturated carbocycles. The van der Waals surface area contributed by atoms with Gasteiger partial charge in [0.05, 0.1) is 6.54 Å². The third-order valence-electron chi connectivity index (χ3n) is 1.73. The molecule has 0 amide bonds. The fourth-order valence-corrected chi connectivity index (χ4v) is 1.10. The van der Waals surface area contributed by atoms with Crippen LogP contribution in [0.5, 0.6) is 0 Å². The highest BCUT2D eigenvalue weighted by molar-refractivity contribution is 5.85. The number of nitrogens with one attached hydrogen (secondary N) is 1. The highest BCUT2D eigenvalue weighted by atomic mass is 35.5. The minimum atomic E-state index is 0. The van der Waals surface area contributed by atoms with Crippen molar-refractivity contribution in [2.24, 2.45) is 0 Å². The molecule has 0 spiro atoms. The Balaban J connectivity index is 0.00000112. The van der Waals surface area contributed by atoms with E-state index in [1.54, 1.807) is 12.4 Å². The van der Waals surface area contributed by atoms with Crippen molar-refractivity contribution in [2.45, 2.75) is 6.54 Å². The lowest BCUT2D eigenvalue weighted by atomic mass is 10.2. The summed E-state index contributed by atoms with van der Waals surface area (Å²) >= 11 is 0. The molecule has 0 aromatic carbocycles. The van der Waals surface area contributed by atoms with Crippen LogP contribution in [0, 0.1) is 0 Å². The lowest BCUT2D eigenvalue weighted by Gasteiger charge is -1.90. The quantitative estimate of drug-likeness (QED) is 0.854. The molecule has 80 valence electrons. The third-order valence-corrected chi connectivity index (χ3v) is 1.73. The fraction of sp³-hybridized carbons (Fsp3) is 0.222. The lowest BCUT2D eigenvalue weighted by molar-refractivity contribution is 0.372. The Labute approximate surface area is 93.3 Å². The fourth-order valence-electron chi connectivity index (χ4n) is 1.10. The molecule has 0 aliphatic carbocycles. The molecule has 2 heterocycles. The van der Waals surface area contributed by atoms with Crippen LogP contribution in [0.15, 0.2) is 29.0 Å². The molecule has 5 nitrogen and oxygen atoms in total. The first-order valence-corrected chi connectivity index (χ1v) is 4.28. The second kappa shape index (κ2) is 5.43. The summed E-state index contributed by atoms with van der Waals surface area (Å²) in [4.78, 5) is 8.12. The molecule has 2 rings (SSSR count). The van der Waals surface area contributed by atoms with Crippen molar-refractivity contribution in [3.63, 3.8) is 0 Å². The molecule has 2 aromatic rings. The summed E-state index contributed by atoms with van der Waals surface area (Å²) in [6, 6.07) is 3.68. The van der Waals surface area contributed by atoms with E-state index in [0.29, 0.717) is 18.3 Å². The Kier molecular flexibility index (Phi) is 4.20. The number of hydrogen-bond donors (Lipinski definition) is 1. The van der Waals surface area contributed by atoms with Gasteiger partial charge in [-0.15, -0.1) is 12.4 Å². The van der Waals surface area contributed by atoms with Gasteiger partial charge in [0.15, 0.2) is 0 Å². The van der Waals surface area contributed by atoms with Gasteiger partial charge < -0.3 is 9.84 Å². The first kappa shape index (κ1) is 11.6. The third kappa shape index (κ3) is 2.74. The predicted octanol–water partition coefficient (Wildman–Crippen LogP) is 1.27. The lowest BCUT2D eigenvalue weighted by Crippen LogP contribution is -2.04. The second-order valence-corrected chi connectivity index (χ2v) is 2.78. The molecule has 0 radical (unpaired) electrons. The average Bonchev–Trinajstić information content (AvgIpc) is 2.68. The van der Waals surface area contributed by atoms with Crippen molar-refractivity contribution in [2.75, 3.05) is 7.05 Å². The van der Waals surface area contributed by atoms with E-state index in [9.17, 15) is 0 Å². The molecule has 0 unspecified atom stereocenters. The van der Waals surface area contributed by atoms with Crippen LogP contribution in [0.4, 0.5) is 0 Å². The molecular formula is C9H11ClN4O. The largest absolute Gasteiger partial charge is 0.338 e. The van der Waals surface area contributed by atoms with Crippen LogP contribution in [0.25, 0.3) is 11.4 Å². The van der Waals surface area contributed by atoms with Gasteiger partial charge in [-0.2, -0.15) is 4.98 Å². The van der Waals surface area contributed by atoms with E-state index < -0.39 is 0 Å². The monoisotopic (exact) mass is 226 g/mol. The van der Waals surface area contributed by atoms with E-state index in [0.717, 1.165) is 5.56 Å². The summed E-state index contributed by atoms with van der Waals surface area (Å²) in [6.45, 7) is 0.581. The zero-order valence-electron chi connectivity index (χ0n) is 8.17. The van der Waals surface area contributed by atoms with E-state index in [1.165, 1.54) is 0 Å². The SMILES string of the molecule is CNCc1nc(-c2ccncc2)no1.Cl. The average molecular weight is 227 g/mol. The Morgan fingerprint density at radius 3 is 2.73 bits per heavy atom. The number of halogens is 1. The molecule has 0 atom stereocenters. The topological polar surface area (TPSA) is 63.8 Å². The maximum atomic E-state index is 5.02. The molecule has 0 aliphatic heterocycles. The van der Waals surface area contributed by atoms with Crippen molar-refractivity contribution in [3.8, 4) is 11.4 Å². The van der Waals surface area contributed by atoms with Crippen molar-refractivity contribution in [1.29, 1.82) is 0 Å². The molecule has 0 aliphatic rings. The highest BCUT2D eigenvalue weighted by Gasteiger charge is 2.06. The Hall–Kier alpha value is -1.46. The molecule has 1 N–H and O–H groups in total. The number of aromatic nitrogens is 3. The van der Waals surface area contributed by atoms with Gasteiger partial charge in [-0.25, -0.2) is 0 Å². The summed E-state index contributed by atoms with van der Waals surface area (Å²) in [6.07, 6.45) is 3.40. The van der Waals surface area contributed by atoms with E-state index in [1.807, 2.05) is 19.2 Å².